The predicted octanol–water partition coefficient (Wildman–Crippen LogP) is 1.66. The molecule has 2 aliphatic heterocycles. The third kappa shape index (κ3) is 4.86. The van der Waals surface area contributed by atoms with Crippen molar-refractivity contribution in [2.75, 3.05) is 44.7 Å². The lowest BCUT2D eigenvalue weighted by Gasteiger charge is -2.37. The highest BCUT2D eigenvalue weighted by Crippen LogP contribution is 2.25. The Labute approximate surface area is 171 Å². The lowest BCUT2D eigenvalue weighted by Crippen LogP contribution is -2.46. The van der Waals surface area contributed by atoms with Crippen LogP contribution in [-0.2, 0) is 9.53 Å². The zero-order chi connectivity index (χ0) is 19.4. The number of halogens is 1. The SMILES string of the molecule is COC(=O)CCN1CCN(C2CCN(c3ccc(C(=N)N)cc3)CC2)C1=O.Cl. The highest BCUT2D eigenvalue weighted by Gasteiger charge is 2.35. The Hall–Kier alpha value is -2.48. The molecule has 1 aromatic carbocycles. The number of methoxy groups -OCH3 is 1. The van der Waals surface area contributed by atoms with Crippen LogP contribution in [0.4, 0.5) is 10.5 Å². The van der Waals surface area contributed by atoms with E-state index in [0.717, 1.165) is 43.7 Å². The van der Waals surface area contributed by atoms with Crippen molar-refractivity contribution in [1.29, 1.82) is 5.41 Å². The molecule has 2 heterocycles. The van der Waals surface area contributed by atoms with E-state index >= 15 is 0 Å². The molecule has 2 fully saturated rings. The van der Waals surface area contributed by atoms with Crippen LogP contribution in [0.25, 0.3) is 0 Å². The fraction of sp³-hybridized carbons (Fsp3) is 0.526. The number of hydrogen-bond acceptors (Lipinski definition) is 5. The Morgan fingerprint density at radius 3 is 2.39 bits per heavy atom. The summed E-state index contributed by atoms with van der Waals surface area (Å²) >= 11 is 0. The standard InChI is InChI=1S/C19H27N5O3.ClH/c1-27-17(25)8-11-23-12-13-24(19(23)26)16-6-9-22(10-7-16)15-4-2-14(3-5-15)18(20)21;/h2-5,16H,6-13H2,1H3,(H3,20,21);1H. The van der Waals surface area contributed by atoms with Gasteiger partial charge in [0.05, 0.1) is 13.5 Å². The summed E-state index contributed by atoms with van der Waals surface area (Å²) in [5.41, 5.74) is 7.35. The van der Waals surface area contributed by atoms with Gasteiger partial charge < -0.3 is 25.2 Å². The third-order valence-corrected chi connectivity index (χ3v) is 5.39. The highest BCUT2D eigenvalue weighted by molar-refractivity contribution is 5.95. The summed E-state index contributed by atoms with van der Waals surface area (Å²) in [7, 11) is 1.36. The predicted molar refractivity (Wildman–Crippen MR) is 110 cm³/mol. The second-order valence-electron chi connectivity index (χ2n) is 6.97. The van der Waals surface area contributed by atoms with E-state index in [-0.39, 0.29) is 42.7 Å². The van der Waals surface area contributed by atoms with Crippen molar-refractivity contribution < 1.29 is 14.3 Å². The molecule has 0 saturated carbocycles. The topological polar surface area (TPSA) is 103 Å². The molecule has 3 N–H and O–H groups in total. The molecule has 3 rings (SSSR count). The van der Waals surface area contributed by atoms with Gasteiger partial charge in [-0.2, -0.15) is 0 Å². The van der Waals surface area contributed by atoms with E-state index in [1.54, 1.807) is 4.90 Å². The molecule has 8 nitrogen and oxygen atoms in total. The van der Waals surface area contributed by atoms with Crippen molar-refractivity contribution in [2.45, 2.75) is 25.3 Å². The molecule has 0 radical (unpaired) electrons. The molecule has 0 atom stereocenters. The van der Waals surface area contributed by atoms with Gasteiger partial charge >= 0.3 is 12.0 Å². The Morgan fingerprint density at radius 2 is 1.82 bits per heavy atom. The zero-order valence-corrected chi connectivity index (χ0v) is 16.9. The van der Waals surface area contributed by atoms with Crippen LogP contribution in [0, 0.1) is 5.41 Å². The molecular formula is C19H28ClN5O3. The van der Waals surface area contributed by atoms with Gasteiger partial charge in [0.25, 0.3) is 0 Å². The Bertz CT molecular complexity index is 704. The van der Waals surface area contributed by atoms with Gasteiger partial charge in [-0.3, -0.25) is 10.2 Å². The van der Waals surface area contributed by atoms with Crippen LogP contribution in [0.2, 0.25) is 0 Å². The van der Waals surface area contributed by atoms with Crippen LogP contribution < -0.4 is 10.6 Å². The van der Waals surface area contributed by atoms with Crippen molar-refractivity contribution in [3.8, 4) is 0 Å². The van der Waals surface area contributed by atoms with Crippen LogP contribution in [0.15, 0.2) is 24.3 Å². The van der Waals surface area contributed by atoms with Gasteiger partial charge in [-0.15, -0.1) is 12.4 Å². The summed E-state index contributed by atoms with van der Waals surface area (Å²) in [5.74, 6) is -0.213. The summed E-state index contributed by atoms with van der Waals surface area (Å²) < 4.78 is 4.65. The number of carbonyl (C=O) groups is 2. The molecule has 2 amide bonds. The Morgan fingerprint density at radius 1 is 1.18 bits per heavy atom. The van der Waals surface area contributed by atoms with Gasteiger partial charge in [-0.1, -0.05) is 0 Å². The maximum atomic E-state index is 12.6. The molecular weight excluding hydrogens is 382 g/mol. The van der Waals surface area contributed by atoms with Gasteiger partial charge in [-0.05, 0) is 37.1 Å². The first-order chi connectivity index (χ1) is 13.0. The minimum Gasteiger partial charge on any atom is -0.469 e. The maximum absolute atomic E-state index is 12.6. The van der Waals surface area contributed by atoms with E-state index in [1.165, 1.54) is 7.11 Å². The number of hydrogen-bond donors (Lipinski definition) is 2. The van der Waals surface area contributed by atoms with Crippen LogP contribution in [-0.4, -0.2) is 73.5 Å². The monoisotopic (exact) mass is 409 g/mol. The number of urea groups is 1. The summed E-state index contributed by atoms with van der Waals surface area (Å²) in [4.78, 5) is 29.9. The number of amides is 2. The lowest BCUT2D eigenvalue weighted by molar-refractivity contribution is -0.140. The van der Waals surface area contributed by atoms with Gasteiger partial charge in [0.1, 0.15) is 5.84 Å². The quantitative estimate of drug-likeness (QED) is 0.422. The minimum absolute atomic E-state index is 0. The molecule has 28 heavy (non-hydrogen) atoms. The number of anilines is 1. The van der Waals surface area contributed by atoms with Crippen molar-refractivity contribution in [3.05, 3.63) is 29.8 Å². The fourth-order valence-corrected chi connectivity index (χ4v) is 3.76. The molecule has 0 aromatic heterocycles. The molecule has 0 spiro atoms. The van der Waals surface area contributed by atoms with E-state index in [1.807, 2.05) is 29.2 Å². The maximum Gasteiger partial charge on any atom is 0.320 e. The molecule has 9 heteroatoms. The average molecular weight is 410 g/mol. The number of nitrogens with two attached hydrogens (primary N) is 1. The normalized spacial score (nSPS) is 17.5. The van der Waals surface area contributed by atoms with E-state index in [0.29, 0.717) is 13.1 Å². The van der Waals surface area contributed by atoms with Gasteiger partial charge in [-0.25, -0.2) is 4.79 Å². The van der Waals surface area contributed by atoms with E-state index in [9.17, 15) is 9.59 Å². The number of rotatable bonds is 6. The number of amidine groups is 1. The Balaban J connectivity index is 0.00000280. The van der Waals surface area contributed by atoms with Crippen LogP contribution in [0.3, 0.4) is 0 Å². The summed E-state index contributed by atoms with van der Waals surface area (Å²) in [6, 6.07) is 8.00. The van der Waals surface area contributed by atoms with Crippen molar-refractivity contribution in [2.24, 2.45) is 5.73 Å². The Kier molecular flexibility index (Phi) is 7.51. The number of nitrogens with one attached hydrogen (secondary N) is 1. The van der Waals surface area contributed by atoms with Crippen LogP contribution >= 0.6 is 12.4 Å². The highest BCUT2D eigenvalue weighted by atomic mass is 35.5. The number of ether oxygens (including phenoxy) is 1. The molecule has 154 valence electrons. The third-order valence-electron chi connectivity index (χ3n) is 5.39. The minimum atomic E-state index is -0.287. The van der Waals surface area contributed by atoms with Crippen molar-refractivity contribution in [3.63, 3.8) is 0 Å². The number of nitrogens with zero attached hydrogens (tertiary/aromatic N) is 3. The molecule has 0 bridgehead atoms. The molecule has 2 aliphatic rings. The lowest BCUT2D eigenvalue weighted by atomic mass is 10.0. The second kappa shape index (κ2) is 9.64. The largest absolute Gasteiger partial charge is 0.469 e. The number of nitrogen functional groups attached to an aromatic ring is 1. The molecule has 0 unspecified atom stereocenters. The van der Waals surface area contributed by atoms with E-state index in [2.05, 4.69) is 9.64 Å². The van der Waals surface area contributed by atoms with Gasteiger partial charge in [0.15, 0.2) is 0 Å². The van der Waals surface area contributed by atoms with Crippen LogP contribution in [0.5, 0.6) is 0 Å². The summed E-state index contributed by atoms with van der Waals surface area (Å²) in [5, 5.41) is 7.47. The van der Waals surface area contributed by atoms with Crippen molar-refractivity contribution >= 4 is 35.9 Å². The average Bonchev–Trinajstić information content (AvgIpc) is 3.06. The molecule has 0 aliphatic carbocycles. The number of piperidine rings is 1. The van der Waals surface area contributed by atoms with Crippen LogP contribution in [0.1, 0.15) is 24.8 Å². The fourth-order valence-electron chi connectivity index (χ4n) is 3.76. The second-order valence-corrected chi connectivity index (χ2v) is 6.97. The first-order valence-electron chi connectivity index (χ1n) is 9.31. The number of esters is 1. The smallest absolute Gasteiger partial charge is 0.320 e. The molecule has 1 aromatic rings. The number of carbonyl (C=O) groups excluding carboxylic acids is 2. The summed E-state index contributed by atoms with van der Waals surface area (Å²) in [6.07, 6.45) is 2.08. The van der Waals surface area contributed by atoms with Gasteiger partial charge in [0.2, 0.25) is 0 Å². The van der Waals surface area contributed by atoms with E-state index in [4.69, 9.17) is 11.1 Å². The van der Waals surface area contributed by atoms with Gasteiger partial charge in [0, 0.05) is 50.0 Å². The first kappa shape index (κ1) is 21.8. The van der Waals surface area contributed by atoms with Crippen molar-refractivity contribution in [1.82, 2.24) is 9.80 Å². The van der Waals surface area contributed by atoms with E-state index < -0.39 is 0 Å². The number of benzene rings is 1. The first-order valence-corrected chi connectivity index (χ1v) is 9.31. The zero-order valence-electron chi connectivity index (χ0n) is 16.1. The molecule has 2 saturated heterocycles. The summed E-state index contributed by atoms with van der Waals surface area (Å²) in [6.45, 7) is 3.58.